The molecular weight excluding hydrogens is 352 g/mol. The predicted molar refractivity (Wildman–Crippen MR) is 109 cm³/mol. The van der Waals surface area contributed by atoms with Crippen LogP contribution in [0, 0.1) is 13.8 Å². The highest BCUT2D eigenvalue weighted by Crippen LogP contribution is 2.23. The van der Waals surface area contributed by atoms with E-state index in [2.05, 4.69) is 39.0 Å². The van der Waals surface area contributed by atoms with Crippen molar-refractivity contribution in [3.63, 3.8) is 0 Å². The Kier molecular flexibility index (Phi) is 5.23. The Bertz CT molecular complexity index is 969. The Morgan fingerprint density at radius 1 is 1.07 bits per heavy atom. The average Bonchev–Trinajstić information content (AvgIpc) is 3.04. The fraction of sp³-hybridized carbons (Fsp3) is 0.429. The van der Waals surface area contributed by atoms with Crippen LogP contribution in [-0.2, 0) is 11.3 Å². The summed E-state index contributed by atoms with van der Waals surface area (Å²) in [5.74, 6) is 1.19. The third kappa shape index (κ3) is 3.83. The van der Waals surface area contributed by atoms with E-state index in [1.807, 2.05) is 34.7 Å². The normalized spacial score (nSPS) is 14.6. The molecule has 28 heavy (non-hydrogen) atoms. The molecule has 7 nitrogen and oxygen atoms in total. The molecule has 1 aromatic carbocycles. The molecule has 0 saturated carbocycles. The molecule has 0 unspecified atom stereocenters. The first-order valence-electron chi connectivity index (χ1n) is 9.85. The summed E-state index contributed by atoms with van der Waals surface area (Å²) in [5, 5.41) is 5.53. The summed E-state index contributed by atoms with van der Waals surface area (Å²) in [6, 6.07) is 10.1. The number of rotatable bonds is 5. The number of anilines is 1. The van der Waals surface area contributed by atoms with Crippen molar-refractivity contribution in [1.29, 1.82) is 0 Å². The molecule has 0 radical (unpaired) electrons. The molecular formula is C21H26N6O. The van der Waals surface area contributed by atoms with E-state index in [9.17, 15) is 4.79 Å². The highest BCUT2D eigenvalue weighted by molar-refractivity contribution is 5.89. The average molecular weight is 378 g/mol. The maximum absolute atomic E-state index is 12.6. The molecule has 1 aliphatic rings. The summed E-state index contributed by atoms with van der Waals surface area (Å²) in [7, 11) is 0. The summed E-state index contributed by atoms with van der Waals surface area (Å²) in [4.78, 5) is 25.6. The Morgan fingerprint density at radius 3 is 2.61 bits per heavy atom. The van der Waals surface area contributed by atoms with E-state index in [0.717, 1.165) is 67.3 Å². The van der Waals surface area contributed by atoms with Crippen LogP contribution in [0.2, 0.25) is 0 Å². The molecule has 0 aliphatic carbocycles. The lowest BCUT2D eigenvalue weighted by Crippen LogP contribution is -2.49. The number of hydrogen-bond acceptors (Lipinski definition) is 5. The van der Waals surface area contributed by atoms with Gasteiger partial charge in [0, 0.05) is 50.2 Å². The molecule has 0 N–H and O–H groups in total. The van der Waals surface area contributed by atoms with Crippen molar-refractivity contribution in [2.24, 2.45) is 0 Å². The van der Waals surface area contributed by atoms with Gasteiger partial charge in [-0.15, -0.1) is 0 Å². The number of amides is 1. The lowest BCUT2D eigenvalue weighted by atomic mass is 10.2. The maximum atomic E-state index is 12.6. The molecule has 146 valence electrons. The topological polar surface area (TPSA) is 67.2 Å². The quantitative estimate of drug-likeness (QED) is 0.683. The van der Waals surface area contributed by atoms with Crippen molar-refractivity contribution in [3.8, 4) is 0 Å². The Balaban J connectivity index is 1.31. The summed E-state index contributed by atoms with van der Waals surface area (Å²) >= 11 is 0. The highest BCUT2D eigenvalue weighted by atomic mass is 16.2. The monoisotopic (exact) mass is 378 g/mol. The van der Waals surface area contributed by atoms with Gasteiger partial charge in [0.2, 0.25) is 5.91 Å². The van der Waals surface area contributed by atoms with Crippen LogP contribution in [0.1, 0.15) is 24.2 Å². The van der Waals surface area contributed by atoms with Gasteiger partial charge in [-0.05, 0) is 38.5 Å². The van der Waals surface area contributed by atoms with Gasteiger partial charge in [-0.3, -0.25) is 9.48 Å². The molecule has 1 fully saturated rings. The van der Waals surface area contributed by atoms with Crippen LogP contribution in [0.5, 0.6) is 0 Å². The van der Waals surface area contributed by atoms with Crippen molar-refractivity contribution in [3.05, 3.63) is 48.0 Å². The van der Waals surface area contributed by atoms with Gasteiger partial charge in [0.25, 0.3) is 0 Å². The van der Waals surface area contributed by atoms with Crippen molar-refractivity contribution in [2.75, 3.05) is 31.1 Å². The number of nitrogens with zero attached hydrogens (tertiary/aromatic N) is 6. The summed E-state index contributed by atoms with van der Waals surface area (Å²) < 4.78 is 1.99. The molecule has 1 aliphatic heterocycles. The lowest BCUT2D eigenvalue weighted by molar-refractivity contribution is -0.131. The van der Waals surface area contributed by atoms with Crippen LogP contribution in [-0.4, -0.2) is 56.7 Å². The number of hydrogen-bond donors (Lipinski definition) is 0. The summed E-state index contributed by atoms with van der Waals surface area (Å²) in [6.45, 7) is 7.90. The van der Waals surface area contributed by atoms with E-state index in [1.54, 1.807) is 6.33 Å². The number of carbonyl (C=O) groups is 1. The predicted octanol–water partition coefficient (Wildman–Crippen LogP) is 2.57. The third-order valence-corrected chi connectivity index (χ3v) is 5.32. The minimum absolute atomic E-state index is 0.230. The van der Waals surface area contributed by atoms with Crippen LogP contribution in [0.3, 0.4) is 0 Å². The van der Waals surface area contributed by atoms with E-state index in [-0.39, 0.29) is 5.91 Å². The summed E-state index contributed by atoms with van der Waals surface area (Å²) in [5.41, 5.74) is 3.13. The molecule has 0 spiro atoms. The molecule has 2 aromatic heterocycles. The van der Waals surface area contributed by atoms with Gasteiger partial charge in [-0.2, -0.15) is 5.10 Å². The molecule has 1 saturated heterocycles. The van der Waals surface area contributed by atoms with E-state index in [1.165, 1.54) is 0 Å². The van der Waals surface area contributed by atoms with E-state index >= 15 is 0 Å². The second-order valence-electron chi connectivity index (χ2n) is 7.34. The van der Waals surface area contributed by atoms with Crippen molar-refractivity contribution < 1.29 is 4.79 Å². The molecule has 7 heteroatoms. The fourth-order valence-corrected chi connectivity index (χ4v) is 3.85. The van der Waals surface area contributed by atoms with Crippen LogP contribution < -0.4 is 4.90 Å². The number of carbonyl (C=O) groups excluding carboxylic acids is 1. The van der Waals surface area contributed by atoms with Crippen LogP contribution in [0.4, 0.5) is 5.82 Å². The smallest absolute Gasteiger partial charge is 0.222 e. The van der Waals surface area contributed by atoms with Gasteiger partial charge in [-0.1, -0.05) is 12.1 Å². The number of aromatic nitrogens is 4. The first-order valence-corrected chi connectivity index (χ1v) is 9.85. The molecule has 4 rings (SSSR count). The van der Waals surface area contributed by atoms with Gasteiger partial charge in [0.1, 0.15) is 12.1 Å². The molecule has 3 aromatic rings. The second-order valence-corrected chi connectivity index (χ2v) is 7.34. The number of fused-ring (bicyclic) bond motifs is 1. The number of aryl methyl sites for hydroxylation is 3. The SMILES string of the molecule is Cc1cc(C)n(CCCC(=O)N2CCN(c3ncnc4ccccc34)CC2)n1. The molecule has 0 bridgehead atoms. The zero-order valence-electron chi connectivity index (χ0n) is 16.5. The lowest BCUT2D eigenvalue weighted by Gasteiger charge is -2.35. The van der Waals surface area contributed by atoms with Crippen LogP contribution in [0.25, 0.3) is 10.9 Å². The maximum Gasteiger partial charge on any atom is 0.222 e. The minimum atomic E-state index is 0.230. The van der Waals surface area contributed by atoms with Crippen molar-refractivity contribution in [1.82, 2.24) is 24.6 Å². The zero-order valence-corrected chi connectivity index (χ0v) is 16.5. The van der Waals surface area contributed by atoms with Gasteiger partial charge < -0.3 is 9.80 Å². The number of para-hydroxylation sites is 1. The van der Waals surface area contributed by atoms with Crippen molar-refractivity contribution >= 4 is 22.6 Å². The van der Waals surface area contributed by atoms with Crippen LogP contribution >= 0.6 is 0 Å². The first kappa shape index (κ1) is 18.4. The zero-order chi connectivity index (χ0) is 19.5. The van der Waals surface area contributed by atoms with Gasteiger partial charge in [0.05, 0.1) is 11.2 Å². The minimum Gasteiger partial charge on any atom is -0.352 e. The van der Waals surface area contributed by atoms with E-state index in [4.69, 9.17) is 0 Å². The second kappa shape index (κ2) is 7.96. The van der Waals surface area contributed by atoms with Crippen molar-refractivity contribution in [2.45, 2.75) is 33.2 Å². The molecule has 1 amide bonds. The van der Waals surface area contributed by atoms with Gasteiger partial charge in [0.15, 0.2) is 0 Å². The standard InChI is InChI=1S/C21H26N6O/c1-16-14-17(2)27(24-16)9-5-8-20(28)25-10-12-26(13-11-25)21-18-6-3-4-7-19(18)22-15-23-21/h3-4,6-7,14-15H,5,8-13H2,1-2H3. The van der Waals surface area contributed by atoms with Gasteiger partial charge in [-0.25, -0.2) is 9.97 Å². The van der Waals surface area contributed by atoms with Crippen LogP contribution in [0.15, 0.2) is 36.7 Å². The third-order valence-electron chi connectivity index (χ3n) is 5.32. The Labute approximate surface area is 165 Å². The number of benzene rings is 1. The Morgan fingerprint density at radius 2 is 1.86 bits per heavy atom. The van der Waals surface area contributed by atoms with E-state index < -0.39 is 0 Å². The molecule has 3 heterocycles. The Hall–Kier alpha value is -2.96. The fourth-order valence-electron chi connectivity index (χ4n) is 3.85. The van der Waals surface area contributed by atoms with E-state index in [0.29, 0.717) is 6.42 Å². The largest absolute Gasteiger partial charge is 0.352 e. The first-order chi connectivity index (χ1) is 13.6. The molecule has 0 atom stereocenters. The number of piperazine rings is 1. The highest BCUT2D eigenvalue weighted by Gasteiger charge is 2.22. The summed E-state index contributed by atoms with van der Waals surface area (Å²) in [6.07, 6.45) is 3.00. The van der Waals surface area contributed by atoms with Gasteiger partial charge >= 0.3 is 0 Å².